The maximum absolute atomic E-state index is 14.1. The summed E-state index contributed by atoms with van der Waals surface area (Å²) in [5.41, 5.74) is 1.75. The smallest absolute Gasteiger partial charge is 0.162 e. The molecule has 0 spiro atoms. The fourth-order valence-electron chi connectivity index (χ4n) is 8.10. The average molecular weight is 415 g/mol. The third-order valence-electron chi connectivity index (χ3n) is 10.0. The summed E-state index contributed by atoms with van der Waals surface area (Å²) >= 11 is 0. The van der Waals surface area contributed by atoms with Crippen LogP contribution in [0.25, 0.3) is 0 Å². The molecule has 0 aliphatic heterocycles. The second-order valence-corrected chi connectivity index (χ2v) is 11.4. The Labute approximate surface area is 182 Å². The number of benzene rings is 1. The van der Waals surface area contributed by atoms with Crippen molar-refractivity contribution in [3.8, 4) is 0 Å². The minimum Gasteiger partial charge on any atom is -0.204 e. The highest BCUT2D eigenvalue weighted by molar-refractivity contribution is 5.32. The Hall–Kier alpha value is -0.920. The molecule has 5 rings (SSSR count). The molecule has 0 saturated heterocycles. The second kappa shape index (κ2) is 8.91. The highest BCUT2D eigenvalue weighted by atomic mass is 19.2. The molecule has 3 saturated carbocycles. The molecule has 30 heavy (non-hydrogen) atoms. The molecule has 1 aromatic carbocycles. The Morgan fingerprint density at radius 3 is 1.90 bits per heavy atom. The quantitative estimate of drug-likeness (QED) is 0.468. The van der Waals surface area contributed by atoms with Crippen LogP contribution >= 0.6 is 0 Å². The van der Waals surface area contributed by atoms with E-state index in [1.165, 1.54) is 76.7 Å². The molecule has 5 atom stereocenters. The monoisotopic (exact) mass is 414 g/mol. The van der Waals surface area contributed by atoms with E-state index in [0.717, 1.165) is 60.3 Å². The molecule has 0 nitrogen and oxygen atoms in total. The lowest BCUT2D eigenvalue weighted by molar-refractivity contribution is 0.0441. The molecule has 0 N–H and O–H groups in total. The summed E-state index contributed by atoms with van der Waals surface area (Å²) in [6.07, 6.45) is 18.8. The number of rotatable bonds is 3. The Balaban J connectivity index is 1.16. The van der Waals surface area contributed by atoms with Crippen LogP contribution in [0.1, 0.15) is 95.1 Å². The van der Waals surface area contributed by atoms with Gasteiger partial charge in [0.1, 0.15) is 0 Å². The molecule has 4 aliphatic rings. The fourth-order valence-corrected chi connectivity index (χ4v) is 8.10. The molecule has 0 radical (unpaired) electrons. The zero-order valence-electron chi connectivity index (χ0n) is 18.9. The molecule has 0 heterocycles. The molecule has 5 unspecified atom stereocenters. The van der Waals surface area contributed by atoms with E-state index in [2.05, 4.69) is 6.92 Å². The summed E-state index contributed by atoms with van der Waals surface area (Å²) < 4.78 is 27.7. The van der Waals surface area contributed by atoms with Gasteiger partial charge in [-0.05, 0) is 129 Å². The standard InChI is InChI=1S/C28H40F2/c1-2-18-3-5-19(6-4-18)20-7-8-22-16-23(10-9-21(22)15-20)24-11-13-26-25(17-24)12-14-27(29)28(26)30/h12,14,18-24H,2-11,13,15-17H2,1H3. The van der Waals surface area contributed by atoms with Gasteiger partial charge in [-0.1, -0.05) is 32.3 Å². The third-order valence-corrected chi connectivity index (χ3v) is 10.0. The highest BCUT2D eigenvalue weighted by Gasteiger charge is 2.41. The second-order valence-electron chi connectivity index (χ2n) is 11.4. The van der Waals surface area contributed by atoms with Crippen LogP contribution in [0.2, 0.25) is 0 Å². The van der Waals surface area contributed by atoms with Gasteiger partial charge in [0.2, 0.25) is 0 Å². The summed E-state index contributed by atoms with van der Waals surface area (Å²) in [5.74, 6) is 5.21. The first-order chi connectivity index (χ1) is 14.6. The molecule has 4 aliphatic carbocycles. The first-order valence-corrected chi connectivity index (χ1v) is 13.1. The lowest BCUT2D eigenvalue weighted by Gasteiger charge is -2.47. The molecular formula is C28H40F2. The van der Waals surface area contributed by atoms with Crippen LogP contribution < -0.4 is 0 Å². The molecule has 0 aromatic heterocycles. The predicted molar refractivity (Wildman–Crippen MR) is 119 cm³/mol. The first-order valence-electron chi connectivity index (χ1n) is 13.1. The molecule has 166 valence electrons. The van der Waals surface area contributed by atoms with E-state index in [0.29, 0.717) is 11.5 Å². The molecule has 2 heteroatoms. The van der Waals surface area contributed by atoms with E-state index in [9.17, 15) is 8.78 Å². The zero-order valence-corrected chi connectivity index (χ0v) is 18.9. The Kier molecular flexibility index (Phi) is 6.22. The van der Waals surface area contributed by atoms with E-state index in [4.69, 9.17) is 0 Å². The lowest BCUT2D eigenvalue weighted by atomic mass is 9.58. The van der Waals surface area contributed by atoms with Crippen molar-refractivity contribution in [2.75, 3.05) is 0 Å². The van der Waals surface area contributed by atoms with E-state index in [-0.39, 0.29) is 0 Å². The van der Waals surface area contributed by atoms with Gasteiger partial charge in [-0.15, -0.1) is 0 Å². The average Bonchev–Trinajstić information content (AvgIpc) is 2.80. The van der Waals surface area contributed by atoms with E-state index in [1.54, 1.807) is 0 Å². The van der Waals surface area contributed by atoms with Crippen molar-refractivity contribution >= 4 is 0 Å². The molecule has 3 fully saturated rings. The van der Waals surface area contributed by atoms with Gasteiger partial charge in [0.15, 0.2) is 11.6 Å². The number of fused-ring (bicyclic) bond motifs is 2. The van der Waals surface area contributed by atoms with Crippen molar-refractivity contribution in [1.82, 2.24) is 0 Å². The van der Waals surface area contributed by atoms with Crippen LogP contribution in [0.4, 0.5) is 8.78 Å². The Morgan fingerprint density at radius 2 is 1.27 bits per heavy atom. The minimum absolute atomic E-state index is 0.582. The van der Waals surface area contributed by atoms with Crippen LogP contribution in [0.15, 0.2) is 12.1 Å². The van der Waals surface area contributed by atoms with Gasteiger partial charge >= 0.3 is 0 Å². The summed E-state index contributed by atoms with van der Waals surface area (Å²) in [4.78, 5) is 0. The van der Waals surface area contributed by atoms with Crippen LogP contribution in [-0.4, -0.2) is 0 Å². The van der Waals surface area contributed by atoms with Crippen molar-refractivity contribution in [3.63, 3.8) is 0 Å². The van der Waals surface area contributed by atoms with Gasteiger partial charge in [0.25, 0.3) is 0 Å². The number of hydrogen-bond acceptors (Lipinski definition) is 0. The normalized spacial score (nSPS) is 39.2. The van der Waals surface area contributed by atoms with Crippen molar-refractivity contribution in [3.05, 3.63) is 34.9 Å². The van der Waals surface area contributed by atoms with Crippen molar-refractivity contribution < 1.29 is 8.78 Å². The van der Waals surface area contributed by atoms with Crippen molar-refractivity contribution in [2.24, 2.45) is 41.4 Å². The van der Waals surface area contributed by atoms with Crippen LogP contribution in [-0.2, 0) is 12.8 Å². The maximum atomic E-state index is 14.1. The third kappa shape index (κ3) is 4.09. The Morgan fingerprint density at radius 1 is 0.700 bits per heavy atom. The van der Waals surface area contributed by atoms with E-state index in [1.807, 2.05) is 6.07 Å². The lowest BCUT2D eigenvalue weighted by Crippen LogP contribution is -2.37. The predicted octanol–water partition coefficient (Wildman–Crippen LogP) is 8.12. The van der Waals surface area contributed by atoms with Crippen molar-refractivity contribution in [1.29, 1.82) is 0 Å². The molecule has 1 aromatic rings. The van der Waals surface area contributed by atoms with Gasteiger partial charge in [-0.3, -0.25) is 0 Å². The van der Waals surface area contributed by atoms with Crippen LogP contribution in [0.3, 0.4) is 0 Å². The molecule has 0 amide bonds. The van der Waals surface area contributed by atoms with Crippen LogP contribution in [0, 0.1) is 53.1 Å². The number of halogens is 2. The van der Waals surface area contributed by atoms with Crippen molar-refractivity contribution in [2.45, 2.75) is 96.8 Å². The summed E-state index contributed by atoms with van der Waals surface area (Å²) in [6, 6.07) is 3.19. The van der Waals surface area contributed by atoms with E-state index < -0.39 is 11.6 Å². The van der Waals surface area contributed by atoms with E-state index >= 15 is 0 Å². The molecular weight excluding hydrogens is 374 g/mol. The van der Waals surface area contributed by atoms with Crippen LogP contribution in [0.5, 0.6) is 0 Å². The topological polar surface area (TPSA) is 0 Å². The number of hydrogen-bond donors (Lipinski definition) is 0. The van der Waals surface area contributed by atoms with Gasteiger partial charge < -0.3 is 0 Å². The fraction of sp³-hybridized carbons (Fsp3) is 0.786. The van der Waals surface area contributed by atoms with Gasteiger partial charge in [-0.25, -0.2) is 8.78 Å². The minimum atomic E-state index is -0.673. The first kappa shape index (κ1) is 21.0. The molecule has 0 bridgehead atoms. The maximum Gasteiger partial charge on any atom is 0.162 e. The summed E-state index contributed by atoms with van der Waals surface area (Å²) in [6.45, 7) is 2.37. The summed E-state index contributed by atoms with van der Waals surface area (Å²) in [5, 5.41) is 0. The zero-order chi connectivity index (χ0) is 20.7. The SMILES string of the molecule is CCC1CCC(C2CCC3CC(C4CCc5c(ccc(F)c5F)C4)CCC3C2)CC1. The Bertz CT molecular complexity index is 732. The largest absolute Gasteiger partial charge is 0.204 e. The summed E-state index contributed by atoms with van der Waals surface area (Å²) in [7, 11) is 0. The van der Waals surface area contributed by atoms with Gasteiger partial charge in [0.05, 0.1) is 0 Å². The van der Waals surface area contributed by atoms with Gasteiger partial charge in [0, 0.05) is 0 Å². The highest BCUT2D eigenvalue weighted by Crippen LogP contribution is 2.51. The van der Waals surface area contributed by atoms with Gasteiger partial charge in [-0.2, -0.15) is 0 Å².